The zero-order valence-corrected chi connectivity index (χ0v) is 12.3. The summed E-state index contributed by atoms with van der Waals surface area (Å²) in [5.41, 5.74) is 0. The van der Waals surface area contributed by atoms with E-state index < -0.39 is 0 Å². The monoisotopic (exact) mass is 254 g/mol. The van der Waals surface area contributed by atoms with Crippen LogP contribution in [-0.4, -0.2) is 50.3 Å². The van der Waals surface area contributed by atoms with Gasteiger partial charge >= 0.3 is 0 Å². The zero-order valence-electron chi connectivity index (χ0n) is 12.3. The summed E-state index contributed by atoms with van der Waals surface area (Å²) in [6.45, 7) is 4.67. The summed E-state index contributed by atoms with van der Waals surface area (Å²) in [7, 11) is 3.98. The highest BCUT2D eigenvalue weighted by Crippen LogP contribution is 2.32. The fourth-order valence-corrected chi connectivity index (χ4v) is 3.89. The molecule has 2 aliphatic rings. The Morgan fingerprint density at radius 1 is 1.28 bits per heavy atom. The van der Waals surface area contributed by atoms with E-state index in [9.17, 15) is 0 Å². The molecule has 18 heavy (non-hydrogen) atoms. The van der Waals surface area contributed by atoms with Gasteiger partial charge in [0.1, 0.15) is 0 Å². The minimum absolute atomic E-state index is 0.467. The molecule has 0 amide bonds. The predicted octanol–water partition coefficient (Wildman–Crippen LogP) is 2.26. The average Bonchev–Trinajstić information content (AvgIpc) is 2.87. The summed E-state index contributed by atoms with van der Waals surface area (Å²) in [5, 5.41) is 3.54. The van der Waals surface area contributed by atoms with Crippen molar-refractivity contribution in [2.24, 2.45) is 5.92 Å². The van der Waals surface area contributed by atoms with Crippen molar-refractivity contribution >= 4 is 0 Å². The van der Waals surface area contributed by atoms with Crippen molar-refractivity contribution in [3.63, 3.8) is 0 Å². The third-order valence-corrected chi connectivity index (χ3v) is 4.97. The van der Waals surface area contributed by atoms with Gasteiger partial charge in [0.05, 0.1) is 6.10 Å². The van der Waals surface area contributed by atoms with Gasteiger partial charge in [-0.15, -0.1) is 0 Å². The minimum atomic E-state index is 0.467. The van der Waals surface area contributed by atoms with Crippen LogP contribution in [0.2, 0.25) is 0 Å². The van der Waals surface area contributed by atoms with E-state index in [1.54, 1.807) is 0 Å². The molecule has 3 heteroatoms. The van der Waals surface area contributed by atoms with Crippen LogP contribution in [0.3, 0.4) is 0 Å². The Morgan fingerprint density at radius 2 is 2.11 bits per heavy atom. The lowest BCUT2D eigenvalue weighted by atomic mass is 9.79. The van der Waals surface area contributed by atoms with Gasteiger partial charge < -0.3 is 10.1 Å². The van der Waals surface area contributed by atoms with E-state index in [1.807, 2.05) is 7.11 Å². The van der Waals surface area contributed by atoms with E-state index in [1.165, 1.54) is 45.1 Å². The van der Waals surface area contributed by atoms with Gasteiger partial charge in [-0.1, -0.05) is 19.8 Å². The summed E-state index contributed by atoms with van der Waals surface area (Å²) in [6, 6.07) is 1.43. The van der Waals surface area contributed by atoms with Gasteiger partial charge in [0, 0.05) is 32.3 Å². The summed E-state index contributed by atoms with van der Waals surface area (Å²) < 4.78 is 5.51. The van der Waals surface area contributed by atoms with Crippen LogP contribution in [0.25, 0.3) is 0 Å². The predicted molar refractivity (Wildman–Crippen MR) is 75.9 cm³/mol. The minimum Gasteiger partial charge on any atom is -0.380 e. The van der Waals surface area contributed by atoms with Gasteiger partial charge in [-0.2, -0.15) is 0 Å². The second kappa shape index (κ2) is 6.88. The maximum Gasteiger partial charge on any atom is 0.0710 e. The Bertz CT molecular complexity index is 247. The lowest BCUT2D eigenvalue weighted by molar-refractivity contribution is 0.0776. The van der Waals surface area contributed by atoms with Crippen molar-refractivity contribution in [1.82, 2.24) is 10.2 Å². The topological polar surface area (TPSA) is 24.5 Å². The van der Waals surface area contributed by atoms with Crippen molar-refractivity contribution in [3.05, 3.63) is 0 Å². The number of nitrogens with one attached hydrogen (secondary N) is 1. The molecule has 106 valence electrons. The number of likely N-dealkylation sites (N-methyl/N-ethyl adjacent to an activating group) is 1. The molecule has 0 aromatic carbocycles. The number of hydrogen-bond acceptors (Lipinski definition) is 3. The Morgan fingerprint density at radius 3 is 2.72 bits per heavy atom. The van der Waals surface area contributed by atoms with Gasteiger partial charge in [0.2, 0.25) is 0 Å². The molecule has 1 N–H and O–H groups in total. The standard InChI is InChI=1S/C15H30N2O/c1-4-5-12-6-7-14(16-2)15(10-12)17-9-8-13(11-17)18-3/h12-16H,4-11H2,1-3H3. The highest BCUT2D eigenvalue weighted by molar-refractivity contribution is 4.93. The first-order valence-electron chi connectivity index (χ1n) is 7.72. The number of rotatable bonds is 5. The quantitative estimate of drug-likeness (QED) is 0.814. The van der Waals surface area contributed by atoms with Crippen molar-refractivity contribution in [2.45, 2.75) is 63.6 Å². The number of methoxy groups -OCH3 is 1. The number of nitrogens with zero attached hydrogens (tertiary/aromatic N) is 1. The molecular weight excluding hydrogens is 224 g/mol. The van der Waals surface area contributed by atoms with E-state index in [4.69, 9.17) is 4.74 Å². The lowest BCUT2D eigenvalue weighted by Crippen LogP contribution is -2.51. The number of likely N-dealkylation sites (tertiary alicyclic amines) is 1. The van der Waals surface area contributed by atoms with E-state index in [-0.39, 0.29) is 0 Å². The molecule has 1 saturated carbocycles. The highest BCUT2D eigenvalue weighted by atomic mass is 16.5. The molecule has 1 aliphatic carbocycles. The first-order chi connectivity index (χ1) is 8.78. The van der Waals surface area contributed by atoms with Gasteiger partial charge in [0.25, 0.3) is 0 Å². The largest absolute Gasteiger partial charge is 0.380 e. The Hall–Kier alpha value is -0.120. The van der Waals surface area contributed by atoms with Crippen molar-refractivity contribution in [2.75, 3.05) is 27.2 Å². The summed E-state index contributed by atoms with van der Waals surface area (Å²) in [6.07, 6.45) is 8.57. The molecular formula is C15H30N2O. The van der Waals surface area contributed by atoms with Crippen LogP contribution in [0.4, 0.5) is 0 Å². The van der Waals surface area contributed by atoms with E-state index in [2.05, 4.69) is 24.2 Å². The molecule has 3 nitrogen and oxygen atoms in total. The van der Waals surface area contributed by atoms with Crippen LogP contribution in [0.15, 0.2) is 0 Å². The second-order valence-corrected chi connectivity index (χ2v) is 6.07. The summed E-state index contributed by atoms with van der Waals surface area (Å²) >= 11 is 0. The molecule has 2 fully saturated rings. The van der Waals surface area contributed by atoms with Crippen molar-refractivity contribution in [3.8, 4) is 0 Å². The van der Waals surface area contributed by atoms with E-state index >= 15 is 0 Å². The molecule has 1 saturated heterocycles. The van der Waals surface area contributed by atoms with Crippen LogP contribution >= 0.6 is 0 Å². The third-order valence-electron chi connectivity index (χ3n) is 4.97. The molecule has 1 aliphatic heterocycles. The SMILES string of the molecule is CCCC1CCC(NC)C(N2CCC(OC)C2)C1. The Labute approximate surface area is 112 Å². The first kappa shape index (κ1) is 14.3. The third kappa shape index (κ3) is 3.25. The van der Waals surface area contributed by atoms with Crippen LogP contribution in [0.5, 0.6) is 0 Å². The average molecular weight is 254 g/mol. The van der Waals surface area contributed by atoms with Gasteiger partial charge in [-0.25, -0.2) is 0 Å². The molecule has 0 radical (unpaired) electrons. The van der Waals surface area contributed by atoms with Crippen molar-refractivity contribution in [1.29, 1.82) is 0 Å². The first-order valence-corrected chi connectivity index (χ1v) is 7.72. The summed E-state index contributed by atoms with van der Waals surface area (Å²) in [4.78, 5) is 2.68. The molecule has 4 atom stereocenters. The molecule has 1 heterocycles. The van der Waals surface area contributed by atoms with Gasteiger partial charge in [0.15, 0.2) is 0 Å². The van der Waals surface area contributed by atoms with Crippen molar-refractivity contribution < 1.29 is 4.74 Å². The van der Waals surface area contributed by atoms with Gasteiger partial charge in [-0.05, 0) is 38.6 Å². The Kier molecular flexibility index (Phi) is 5.46. The van der Waals surface area contributed by atoms with Gasteiger partial charge in [-0.3, -0.25) is 4.90 Å². The zero-order chi connectivity index (χ0) is 13.0. The second-order valence-electron chi connectivity index (χ2n) is 6.07. The molecule has 0 aromatic heterocycles. The molecule has 4 unspecified atom stereocenters. The normalized spacial score (nSPS) is 38.2. The molecule has 2 rings (SSSR count). The molecule has 0 spiro atoms. The fourth-order valence-electron chi connectivity index (χ4n) is 3.89. The maximum atomic E-state index is 5.51. The lowest BCUT2D eigenvalue weighted by Gasteiger charge is -2.41. The Balaban J connectivity index is 1.93. The summed E-state index contributed by atoms with van der Waals surface area (Å²) in [5.74, 6) is 0.950. The molecule has 0 bridgehead atoms. The number of hydrogen-bond donors (Lipinski definition) is 1. The number of ether oxygens (including phenoxy) is 1. The van der Waals surface area contributed by atoms with Crippen LogP contribution in [0, 0.1) is 5.92 Å². The maximum absolute atomic E-state index is 5.51. The fraction of sp³-hybridized carbons (Fsp3) is 1.00. The van der Waals surface area contributed by atoms with E-state index in [0.717, 1.165) is 18.5 Å². The highest BCUT2D eigenvalue weighted by Gasteiger charge is 2.36. The molecule has 0 aromatic rings. The van der Waals surface area contributed by atoms with Crippen LogP contribution < -0.4 is 5.32 Å². The van der Waals surface area contributed by atoms with Crippen LogP contribution in [-0.2, 0) is 4.74 Å². The van der Waals surface area contributed by atoms with Crippen LogP contribution in [0.1, 0.15) is 45.4 Å². The smallest absolute Gasteiger partial charge is 0.0710 e. The van der Waals surface area contributed by atoms with E-state index in [0.29, 0.717) is 12.1 Å².